The van der Waals surface area contributed by atoms with Gasteiger partial charge in [0.05, 0.1) is 16.8 Å². The minimum atomic E-state index is -1.36. The summed E-state index contributed by atoms with van der Waals surface area (Å²) in [6.45, 7) is 5.06. The summed E-state index contributed by atoms with van der Waals surface area (Å²) in [5, 5.41) is 14.1. The van der Waals surface area contributed by atoms with Crippen LogP contribution < -0.4 is 5.32 Å². The van der Waals surface area contributed by atoms with Gasteiger partial charge < -0.3 is 5.32 Å². The molecule has 204 valence electrons. The lowest BCUT2D eigenvalue weighted by atomic mass is 9.54. The van der Waals surface area contributed by atoms with Crippen molar-refractivity contribution in [3.63, 3.8) is 0 Å². The summed E-state index contributed by atoms with van der Waals surface area (Å²) in [7, 11) is 0. The maximum atomic E-state index is 14.3. The molecule has 1 saturated heterocycles. The van der Waals surface area contributed by atoms with Crippen molar-refractivity contribution in [3.8, 4) is 0 Å². The third-order valence-electron chi connectivity index (χ3n) is 8.47. The van der Waals surface area contributed by atoms with Crippen LogP contribution in [0.3, 0.4) is 0 Å². The summed E-state index contributed by atoms with van der Waals surface area (Å²) < 4.78 is 0. The molecule has 1 aliphatic heterocycles. The Kier molecular flexibility index (Phi) is 5.87. The van der Waals surface area contributed by atoms with Crippen molar-refractivity contribution in [1.29, 1.82) is 0 Å². The molecule has 3 atom stereocenters. The van der Waals surface area contributed by atoms with Gasteiger partial charge in [0.15, 0.2) is 0 Å². The van der Waals surface area contributed by atoms with Crippen molar-refractivity contribution in [2.75, 3.05) is 5.32 Å². The van der Waals surface area contributed by atoms with Gasteiger partial charge in [-0.2, -0.15) is 0 Å². The van der Waals surface area contributed by atoms with E-state index in [1.807, 2.05) is 48.5 Å². The van der Waals surface area contributed by atoms with Gasteiger partial charge >= 0.3 is 0 Å². The van der Waals surface area contributed by atoms with Crippen molar-refractivity contribution in [3.05, 3.63) is 105 Å². The molecule has 10 heteroatoms. The van der Waals surface area contributed by atoms with E-state index in [0.29, 0.717) is 27.8 Å². The average molecular weight is 578 g/mol. The molecule has 8 nitrogen and oxygen atoms in total. The minimum absolute atomic E-state index is 0.154. The smallest absolute Gasteiger partial charge is 0.274 e. The van der Waals surface area contributed by atoms with Gasteiger partial charge in [0.2, 0.25) is 17.7 Å². The molecule has 3 aliphatic carbocycles. The number of halogens is 2. The molecule has 4 aliphatic rings. The Bertz CT molecular complexity index is 1520. The predicted octanol–water partition coefficient (Wildman–Crippen LogP) is 5.46. The highest BCUT2D eigenvalue weighted by Crippen LogP contribution is 2.69. The second-order valence-electron chi connectivity index (χ2n) is 11.0. The number of rotatable bonds is 5. The maximum Gasteiger partial charge on any atom is 0.274 e. The molecular weight excluding hydrogens is 553 g/mol. The fourth-order valence-corrected chi connectivity index (χ4v) is 7.88. The second-order valence-corrected chi connectivity index (χ2v) is 12.1. The van der Waals surface area contributed by atoms with E-state index < -0.39 is 56.2 Å². The number of carbonyl (C=O) groups is 3. The van der Waals surface area contributed by atoms with E-state index in [4.69, 9.17) is 23.2 Å². The molecule has 1 N–H and O–H groups in total. The lowest BCUT2D eigenvalue weighted by molar-refractivity contribution is -0.385. The first-order valence-corrected chi connectivity index (χ1v) is 13.7. The molecule has 3 aromatic carbocycles. The maximum absolute atomic E-state index is 14.3. The van der Waals surface area contributed by atoms with Gasteiger partial charge in [-0.15, -0.1) is 23.2 Å². The number of anilines is 1. The van der Waals surface area contributed by atoms with Crippen LogP contribution in [0.2, 0.25) is 0 Å². The lowest BCUT2D eigenvalue weighted by Gasteiger charge is -2.54. The van der Waals surface area contributed by atoms with Crippen molar-refractivity contribution in [1.82, 2.24) is 4.90 Å². The number of amides is 3. The Morgan fingerprint density at radius 2 is 1.35 bits per heavy atom. The number of nitro groups is 1. The Hall–Kier alpha value is -3.75. The molecule has 0 saturated carbocycles. The van der Waals surface area contributed by atoms with Crippen LogP contribution in [0.1, 0.15) is 41.7 Å². The highest BCUT2D eigenvalue weighted by molar-refractivity contribution is 6.36. The van der Waals surface area contributed by atoms with Crippen molar-refractivity contribution in [2.24, 2.45) is 17.8 Å². The molecule has 3 aromatic rings. The van der Waals surface area contributed by atoms with Crippen LogP contribution in [0.5, 0.6) is 0 Å². The molecule has 3 amide bonds. The number of imide groups is 1. The summed E-state index contributed by atoms with van der Waals surface area (Å²) in [5.41, 5.74) is 3.16. The molecule has 0 radical (unpaired) electrons. The Labute approximate surface area is 240 Å². The van der Waals surface area contributed by atoms with Gasteiger partial charge in [-0.05, 0) is 41.2 Å². The van der Waals surface area contributed by atoms with Crippen LogP contribution in [-0.2, 0) is 24.1 Å². The highest BCUT2D eigenvalue weighted by Gasteiger charge is 2.73. The number of alkyl halides is 2. The molecule has 7 rings (SSSR count). The Morgan fingerprint density at radius 1 is 0.900 bits per heavy atom. The van der Waals surface area contributed by atoms with Gasteiger partial charge in [-0.1, -0.05) is 68.4 Å². The highest BCUT2D eigenvalue weighted by atomic mass is 35.5. The monoisotopic (exact) mass is 577 g/mol. The van der Waals surface area contributed by atoms with Crippen LogP contribution in [-0.4, -0.2) is 33.6 Å². The van der Waals surface area contributed by atoms with E-state index in [-0.39, 0.29) is 11.4 Å². The van der Waals surface area contributed by atoms with E-state index in [2.05, 4.69) is 5.32 Å². The number of hydrogen-bond acceptors (Lipinski definition) is 5. The molecule has 0 unspecified atom stereocenters. The summed E-state index contributed by atoms with van der Waals surface area (Å²) in [6, 6.07) is 17.8. The standard InChI is InChI=1S/C30H25Cl2N3O5/c1-15(2)25(26(36)33-17-13-12-16(3)22(14-17)35(39)40)34-27(37)23-24(28(34)38)30(32)19-9-5-4-8-18(19)29(23,31)20-10-6-7-11-21(20)30/h4-15,23-25H,1-3H3,(H,33,36)/t23-,24+,25-,29?,30?/m0/s1. The lowest BCUT2D eigenvalue weighted by Crippen LogP contribution is -2.57. The van der Waals surface area contributed by atoms with Gasteiger partial charge in [0.25, 0.3) is 5.69 Å². The van der Waals surface area contributed by atoms with E-state index >= 15 is 0 Å². The van der Waals surface area contributed by atoms with Crippen LogP contribution in [0.15, 0.2) is 66.7 Å². The quantitative estimate of drug-likeness (QED) is 0.187. The van der Waals surface area contributed by atoms with Crippen LogP contribution >= 0.6 is 23.2 Å². The first-order chi connectivity index (χ1) is 18.9. The van der Waals surface area contributed by atoms with Crippen LogP contribution in [0.25, 0.3) is 0 Å². The third kappa shape index (κ3) is 3.29. The van der Waals surface area contributed by atoms with E-state index in [1.165, 1.54) is 12.1 Å². The molecular formula is C30H25Cl2N3O5. The number of nitrogens with zero attached hydrogens (tertiary/aromatic N) is 2. The van der Waals surface area contributed by atoms with E-state index in [9.17, 15) is 24.5 Å². The largest absolute Gasteiger partial charge is 0.324 e. The Balaban J connectivity index is 1.45. The first kappa shape index (κ1) is 26.5. The molecule has 1 heterocycles. The third-order valence-corrected chi connectivity index (χ3v) is 9.76. The van der Waals surface area contributed by atoms with Crippen molar-refractivity contribution >= 4 is 52.3 Å². The normalized spacial score (nSPS) is 26.8. The molecule has 1 fully saturated rings. The number of nitro benzene ring substituents is 1. The Morgan fingerprint density at radius 3 is 1.75 bits per heavy atom. The second kappa shape index (κ2) is 8.88. The van der Waals surface area contributed by atoms with Crippen LogP contribution in [0.4, 0.5) is 11.4 Å². The summed E-state index contributed by atoms with van der Waals surface area (Å²) in [5.74, 6) is -4.31. The summed E-state index contributed by atoms with van der Waals surface area (Å²) in [4.78, 5) is 51.5. The summed E-state index contributed by atoms with van der Waals surface area (Å²) >= 11 is 15.0. The van der Waals surface area contributed by atoms with Gasteiger partial charge in [-0.3, -0.25) is 29.4 Å². The molecule has 40 heavy (non-hydrogen) atoms. The predicted molar refractivity (Wildman–Crippen MR) is 150 cm³/mol. The number of hydrogen-bond donors (Lipinski definition) is 1. The molecule has 0 spiro atoms. The number of likely N-dealkylation sites (tertiary alicyclic amines) is 1. The van der Waals surface area contributed by atoms with E-state index in [0.717, 1.165) is 4.90 Å². The fraction of sp³-hybridized carbons (Fsp3) is 0.300. The topological polar surface area (TPSA) is 110 Å². The minimum Gasteiger partial charge on any atom is -0.324 e. The van der Waals surface area contributed by atoms with E-state index in [1.54, 1.807) is 26.8 Å². The number of carbonyl (C=O) groups excluding carboxylic acids is 3. The van der Waals surface area contributed by atoms with Gasteiger partial charge in [0, 0.05) is 17.3 Å². The first-order valence-electron chi connectivity index (χ1n) is 12.9. The zero-order valence-corrected chi connectivity index (χ0v) is 23.4. The van der Waals surface area contributed by atoms with Gasteiger partial charge in [0.1, 0.15) is 15.8 Å². The van der Waals surface area contributed by atoms with Gasteiger partial charge in [-0.25, -0.2) is 0 Å². The number of benzene rings is 3. The SMILES string of the molecule is Cc1ccc(NC(=O)[C@H](C(C)C)N2C(=O)[C@@H]3[C@H](C2=O)C2(Cl)c4ccccc4C3(Cl)c3ccccc32)cc1[N+](=O)[O-]. The zero-order chi connectivity index (χ0) is 28.7. The summed E-state index contributed by atoms with van der Waals surface area (Å²) in [6.07, 6.45) is 0. The average Bonchev–Trinajstić information content (AvgIpc) is 3.19. The van der Waals surface area contributed by atoms with Crippen molar-refractivity contribution in [2.45, 2.75) is 36.6 Å². The van der Waals surface area contributed by atoms with Crippen molar-refractivity contribution < 1.29 is 19.3 Å². The zero-order valence-electron chi connectivity index (χ0n) is 21.9. The number of aryl methyl sites for hydroxylation is 1. The molecule has 0 aromatic heterocycles. The fourth-order valence-electron chi connectivity index (χ4n) is 6.78. The number of nitrogens with one attached hydrogen (secondary N) is 1. The molecule has 2 bridgehead atoms. The van der Waals surface area contributed by atoms with Crippen LogP contribution in [0, 0.1) is 34.8 Å².